The number of hydrogen-bond acceptors (Lipinski definition) is 7. The number of ether oxygens (including phenoxy) is 1. The molecule has 4 rings (SSSR count). The molecule has 0 bridgehead atoms. The number of carbonyl (C=O) groups is 2. The van der Waals surface area contributed by atoms with Crippen LogP contribution >= 0.6 is 23.1 Å². The highest BCUT2D eigenvalue weighted by Crippen LogP contribution is 2.33. The molecule has 0 aliphatic carbocycles. The minimum absolute atomic E-state index is 0.00402. The Morgan fingerprint density at radius 1 is 1.17 bits per heavy atom. The van der Waals surface area contributed by atoms with Crippen molar-refractivity contribution in [3.05, 3.63) is 88.3 Å². The van der Waals surface area contributed by atoms with Crippen molar-refractivity contribution >= 4 is 35.0 Å². The number of aromatic nitrogens is 1. The first-order valence-electron chi connectivity index (χ1n) is 10.6. The summed E-state index contributed by atoms with van der Waals surface area (Å²) in [6.07, 6.45) is 3.24. The van der Waals surface area contributed by atoms with Crippen LogP contribution in [0.3, 0.4) is 0 Å². The molecular formula is C25H20F2N2O5S2. The predicted molar refractivity (Wildman–Crippen MR) is 131 cm³/mol. The Balaban J connectivity index is 1.41. The number of thiazole rings is 1. The molecule has 186 valence electrons. The van der Waals surface area contributed by atoms with Gasteiger partial charge < -0.3 is 19.2 Å². The number of hydrogen-bond donors (Lipinski definition) is 1. The molecule has 0 aliphatic heterocycles. The molecule has 7 nitrogen and oxygen atoms in total. The molecule has 0 unspecified atom stereocenters. The molecule has 0 fully saturated rings. The van der Waals surface area contributed by atoms with Gasteiger partial charge in [0.05, 0.1) is 12.8 Å². The third kappa shape index (κ3) is 6.10. The average molecular weight is 531 g/mol. The van der Waals surface area contributed by atoms with Crippen molar-refractivity contribution < 1.29 is 32.6 Å². The quantitative estimate of drug-likeness (QED) is 0.263. The third-order valence-electron chi connectivity index (χ3n) is 5.08. The number of carboxylic acid groups (broad SMARTS) is 1. The molecule has 2 heterocycles. The SMILES string of the molecule is CSc1cc(F)c(F)cc1-c1ccc(OCc2nc(C(=O)N(CC(=O)O)Cc3ccco3)cs2)cc1. The van der Waals surface area contributed by atoms with Crippen LogP contribution in [0.25, 0.3) is 11.1 Å². The lowest BCUT2D eigenvalue weighted by molar-refractivity contribution is -0.137. The summed E-state index contributed by atoms with van der Waals surface area (Å²) in [6, 6.07) is 12.6. The summed E-state index contributed by atoms with van der Waals surface area (Å²) < 4.78 is 38.3. The Hall–Kier alpha value is -3.70. The van der Waals surface area contributed by atoms with Gasteiger partial charge in [-0.3, -0.25) is 9.59 Å². The molecule has 0 spiro atoms. The van der Waals surface area contributed by atoms with Gasteiger partial charge in [0.25, 0.3) is 5.91 Å². The number of benzene rings is 2. The Kier molecular flexibility index (Phi) is 8.01. The normalized spacial score (nSPS) is 10.9. The maximum Gasteiger partial charge on any atom is 0.323 e. The van der Waals surface area contributed by atoms with Crippen molar-refractivity contribution in [3.8, 4) is 16.9 Å². The number of amides is 1. The van der Waals surface area contributed by atoms with Crippen molar-refractivity contribution in [3.63, 3.8) is 0 Å². The van der Waals surface area contributed by atoms with Crippen molar-refractivity contribution in [2.24, 2.45) is 0 Å². The highest BCUT2D eigenvalue weighted by atomic mass is 32.2. The summed E-state index contributed by atoms with van der Waals surface area (Å²) >= 11 is 2.54. The average Bonchev–Trinajstić information content (AvgIpc) is 3.56. The molecule has 2 aromatic carbocycles. The molecule has 11 heteroatoms. The van der Waals surface area contributed by atoms with Crippen LogP contribution in [-0.4, -0.2) is 39.7 Å². The Labute approximate surface area is 213 Å². The Bertz CT molecular complexity index is 1360. The van der Waals surface area contributed by atoms with Crippen molar-refractivity contribution in [1.82, 2.24) is 9.88 Å². The fraction of sp³-hybridized carbons (Fsp3) is 0.160. The summed E-state index contributed by atoms with van der Waals surface area (Å²) in [7, 11) is 0. The van der Waals surface area contributed by atoms with Gasteiger partial charge in [-0.1, -0.05) is 12.1 Å². The van der Waals surface area contributed by atoms with Crippen molar-refractivity contribution in [2.45, 2.75) is 18.0 Å². The van der Waals surface area contributed by atoms with Gasteiger partial charge in [-0.05, 0) is 53.8 Å². The van der Waals surface area contributed by atoms with Crippen LogP contribution < -0.4 is 4.74 Å². The maximum atomic E-state index is 13.8. The van der Waals surface area contributed by atoms with E-state index in [1.54, 1.807) is 48.0 Å². The first-order chi connectivity index (χ1) is 17.3. The second-order valence-corrected chi connectivity index (χ2v) is 9.33. The van der Waals surface area contributed by atoms with Crippen LogP contribution in [-0.2, 0) is 17.9 Å². The van der Waals surface area contributed by atoms with Crippen LogP contribution in [0.15, 0.2) is 69.5 Å². The highest BCUT2D eigenvalue weighted by molar-refractivity contribution is 7.98. The van der Waals surface area contributed by atoms with Crippen LogP contribution in [0.1, 0.15) is 21.3 Å². The molecule has 1 N–H and O–H groups in total. The minimum atomic E-state index is -1.15. The molecule has 36 heavy (non-hydrogen) atoms. The Morgan fingerprint density at radius 2 is 1.92 bits per heavy atom. The number of carbonyl (C=O) groups excluding carboxylic acids is 1. The largest absolute Gasteiger partial charge is 0.486 e. The summed E-state index contributed by atoms with van der Waals surface area (Å²) in [5.41, 5.74) is 1.41. The maximum absolute atomic E-state index is 13.8. The van der Waals surface area contributed by atoms with Crippen molar-refractivity contribution in [1.29, 1.82) is 0 Å². The number of rotatable bonds is 10. The second-order valence-electron chi connectivity index (χ2n) is 7.54. The van der Waals surface area contributed by atoms with E-state index in [0.717, 1.165) is 4.90 Å². The van der Waals surface area contributed by atoms with Gasteiger partial charge in [-0.25, -0.2) is 13.8 Å². The molecule has 0 saturated carbocycles. The van der Waals surface area contributed by atoms with Crippen LogP contribution in [0.2, 0.25) is 0 Å². The zero-order valence-corrected chi connectivity index (χ0v) is 20.6. The summed E-state index contributed by atoms with van der Waals surface area (Å²) in [5, 5.41) is 11.3. The molecule has 0 atom stereocenters. The number of carboxylic acids is 1. The van der Waals surface area contributed by atoms with Gasteiger partial charge in [-0.2, -0.15) is 0 Å². The summed E-state index contributed by atoms with van der Waals surface area (Å²) in [6.45, 7) is -0.398. The lowest BCUT2D eigenvalue weighted by Gasteiger charge is -2.18. The second kappa shape index (κ2) is 11.4. The van der Waals surface area contributed by atoms with E-state index in [1.807, 2.05) is 0 Å². The number of halogens is 2. The summed E-state index contributed by atoms with van der Waals surface area (Å²) in [4.78, 5) is 30.1. The summed E-state index contributed by atoms with van der Waals surface area (Å²) in [5.74, 6) is -2.50. The first-order valence-corrected chi connectivity index (χ1v) is 12.7. The van der Waals surface area contributed by atoms with Crippen LogP contribution in [0, 0.1) is 11.6 Å². The van der Waals surface area contributed by atoms with E-state index in [9.17, 15) is 23.5 Å². The van der Waals surface area contributed by atoms with Gasteiger partial charge >= 0.3 is 5.97 Å². The minimum Gasteiger partial charge on any atom is -0.486 e. The number of furan rings is 1. The number of aliphatic carboxylic acids is 1. The van der Waals surface area contributed by atoms with E-state index in [-0.39, 0.29) is 18.8 Å². The molecule has 0 saturated heterocycles. The standard InChI is InChI=1S/C25H20F2N2O5S2/c1-35-22-10-20(27)19(26)9-18(22)15-4-6-16(7-5-15)34-13-23-28-21(14-36-23)25(32)29(12-24(30)31)11-17-3-2-8-33-17/h2-10,14H,11-13H2,1H3,(H,30,31). The van der Waals surface area contributed by atoms with E-state index >= 15 is 0 Å². The molecule has 2 aromatic heterocycles. The van der Waals surface area contributed by atoms with Gasteiger partial charge in [0, 0.05) is 10.3 Å². The smallest absolute Gasteiger partial charge is 0.323 e. The lowest BCUT2D eigenvalue weighted by atomic mass is 10.1. The first kappa shape index (κ1) is 25.4. The highest BCUT2D eigenvalue weighted by Gasteiger charge is 2.22. The van der Waals surface area contributed by atoms with Crippen LogP contribution in [0.5, 0.6) is 5.75 Å². The number of thioether (sulfide) groups is 1. The van der Waals surface area contributed by atoms with E-state index in [2.05, 4.69) is 4.98 Å². The third-order valence-corrected chi connectivity index (χ3v) is 6.68. The van der Waals surface area contributed by atoms with Crippen LogP contribution in [0.4, 0.5) is 8.78 Å². The fourth-order valence-corrected chi connectivity index (χ4v) is 4.69. The zero-order chi connectivity index (χ0) is 25.7. The molecular weight excluding hydrogens is 510 g/mol. The zero-order valence-electron chi connectivity index (χ0n) is 18.9. The Morgan fingerprint density at radius 3 is 2.58 bits per heavy atom. The fourth-order valence-electron chi connectivity index (χ4n) is 3.39. The lowest BCUT2D eigenvalue weighted by Crippen LogP contribution is -2.35. The van der Waals surface area contributed by atoms with Gasteiger partial charge in [0.15, 0.2) is 11.6 Å². The molecule has 0 radical (unpaired) electrons. The van der Waals surface area contributed by atoms with Crippen molar-refractivity contribution in [2.75, 3.05) is 12.8 Å². The topological polar surface area (TPSA) is 92.9 Å². The van der Waals surface area contributed by atoms with E-state index in [0.29, 0.717) is 32.5 Å². The predicted octanol–water partition coefficient (Wildman–Crippen LogP) is 5.71. The molecule has 4 aromatic rings. The van der Waals surface area contributed by atoms with Gasteiger partial charge in [0.2, 0.25) is 0 Å². The van der Waals surface area contributed by atoms with Gasteiger partial charge in [0.1, 0.15) is 35.4 Å². The van der Waals surface area contributed by atoms with Gasteiger partial charge in [-0.15, -0.1) is 23.1 Å². The molecule has 0 aliphatic rings. The molecule has 1 amide bonds. The van der Waals surface area contributed by atoms with E-state index in [1.165, 1.54) is 41.5 Å². The van der Waals surface area contributed by atoms with E-state index < -0.39 is 30.1 Å². The number of nitrogens with zero attached hydrogens (tertiary/aromatic N) is 2. The monoisotopic (exact) mass is 530 g/mol. The van der Waals surface area contributed by atoms with E-state index in [4.69, 9.17) is 9.15 Å².